The molecular weight excluding hydrogens is 618 g/mol. The molecule has 0 unspecified atom stereocenters. The number of aryl methyl sites for hydroxylation is 3. The maximum atomic E-state index is 13.9. The van der Waals surface area contributed by atoms with Gasteiger partial charge in [0.2, 0.25) is 11.8 Å². The summed E-state index contributed by atoms with van der Waals surface area (Å²) in [5.41, 5.74) is 2.71. The zero-order chi connectivity index (χ0) is 30.8. The van der Waals surface area contributed by atoms with Gasteiger partial charge in [-0.3, -0.25) is 23.9 Å². The molecule has 1 aromatic carbocycles. The molecule has 1 aliphatic heterocycles. The number of likely N-dealkylation sites (tertiary alicyclic amines) is 1. The second kappa shape index (κ2) is 10.3. The lowest BCUT2D eigenvalue weighted by molar-refractivity contribution is -0.143. The van der Waals surface area contributed by atoms with E-state index >= 15 is 0 Å². The minimum atomic E-state index is -1.17. The highest BCUT2D eigenvalue weighted by atomic mass is 79.9. The Morgan fingerprint density at radius 3 is 2.44 bits per heavy atom. The maximum Gasteiger partial charge on any atom is 0.311 e. The number of Topliss-reactive ketones (excluding diaryl/α,β-unsaturated/α-hetero) is 1. The lowest BCUT2D eigenvalue weighted by atomic mass is 9.99. The van der Waals surface area contributed by atoms with Crippen LogP contribution in [0.4, 0.5) is 5.82 Å². The van der Waals surface area contributed by atoms with Crippen molar-refractivity contribution in [1.29, 1.82) is 0 Å². The first-order chi connectivity index (χ1) is 20.4. The number of nitrogens with one attached hydrogen (secondary N) is 1. The minimum Gasteiger partial charge on any atom is -0.481 e. The molecule has 1 saturated carbocycles. The van der Waals surface area contributed by atoms with Crippen molar-refractivity contribution < 1.29 is 24.3 Å². The van der Waals surface area contributed by atoms with E-state index < -0.39 is 35.3 Å². The number of anilines is 1. The van der Waals surface area contributed by atoms with Gasteiger partial charge < -0.3 is 15.3 Å². The highest BCUT2D eigenvalue weighted by molar-refractivity contribution is 9.10. The number of hydrogen-bond acceptors (Lipinski definition) is 8. The Morgan fingerprint density at radius 2 is 1.77 bits per heavy atom. The zero-order valence-electron chi connectivity index (χ0n) is 23.9. The largest absolute Gasteiger partial charge is 0.481 e. The number of aliphatic carboxylic acids is 1. The number of hydrogen-bond donors (Lipinski definition) is 2. The number of pyridine rings is 1. The smallest absolute Gasteiger partial charge is 0.311 e. The van der Waals surface area contributed by atoms with Crippen LogP contribution in [0.2, 0.25) is 0 Å². The van der Waals surface area contributed by atoms with E-state index in [9.17, 15) is 24.3 Å². The molecule has 1 saturated heterocycles. The van der Waals surface area contributed by atoms with E-state index in [0.717, 1.165) is 22.3 Å². The SMILES string of the molecule is CC(=O)c1nn(CC(=O)N2[C@H](C(=O)Nc3nc(Br)ccc3C)C[C@@]3(C(=O)O)C[C@@H]23)c2c(C)cc(-c3cnc(C)nc3)cc12. The normalized spacial score (nSPS) is 20.6. The van der Waals surface area contributed by atoms with Gasteiger partial charge in [0.25, 0.3) is 0 Å². The third kappa shape index (κ3) is 4.86. The van der Waals surface area contributed by atoms with Crippen molar-refractivity contribution in [2.24, 2.45) is 5.41 Å². The Balaban J connectivity index is 1.34. The molecule has 0 bridgehead atoms. The van der Waals surface area contributed by atoms with Crippen molar-refractivity contribution in [2.75, 3.05) is 5.32 Å². The number of carboxylic acids is 1. The second-order valence-electron chi connectivity index (χ2n) is 11.3. The van der Waals surface area contributed by atoms with Crippen LogP contribution in [0.15, 0.2) is 41.3 Å². The molecule has 12 nitrogen and oxygen atoms in total. The first-order valence-corrected chi connectivity index (χ1v) is 14.5. The van der Waals surface area contributed by atoms with Gasteiger partial charge in [-0.05, 0) is 84.4 Å². The monoisotopic (exact) mass is 645 g/mol. The number of nitrogens with zero attached hydrogens (tertiary/aromatic N) is 6. The molecule has 0 spiro atoms. The van der Waals surface area contributed by atoms with Crippen molar-refractivity contribution in [1.82, 2.24) is 29.6 Å². The molecule has 4 heterocycles. The maximum absolute atomic E-state index is 13.9. The number of halogens is 1. The van der Waals surface area contributed by atoms with Gasteiger partial charge in [-0.2, -0.15) is 5.10 Å². The second-order valence-corrected chi connectivity index (χ2v) is 12.1. The molecule has 2 N–H and O–H groups in total. The molecule has 4 aromatic rings. The predicted molar refractivity (Wildman–Crippen MR) is 159 cm³/mol. The summed E-state index contributed by atoms with van der Waals surface area (Å²) in [7, 11) is 0. The fourth-order valence-corrected chi connectivity index (χ4v) is 6.38. The first-order valence-electron chi connectivity index (χ1n) is 13.7. The van der Waals surface area contributed by atoms with Crippen LogP contribution < -0.4 is 5.32 Å². The number of carboxylic acid groups (broad SMARTS) is 1. The summed E-state index contributed by atoms with van der Waals surface area (Å²) >= 11 is 3.30. The number of rotatable bonds is 7. The van der Waals surface area contributed by atoms with Gasteiger partial charge in [0, 0.05) is 30.3 Å². The van der Waals surface area contributed by atoms with Crippen LogP contribution in [-0.2, 0) is 20.9 Å². The van der Waals surface area contributed by atoms with E-state index in [2.05, 4.69) is 41.3 Å². The molecule has 13 heteroatoms. The van der Waals surface area contributed by atoms with Crippen LogP contribution in [-0.4, -0.2) is 70.4 Å². The number of amides is 2. The van der Waals surface area contributed by atoms with Crippen LogP contribution in [0, 0.1) is 26.2 Å². The third-order valence-electron chi connectivity index (χ3n) is 8.35. The highest BCUT2D eigenvalue weighted by Crippen LogP contribution is 2.60. The molecule has 2 amide bonds. The van der Waals surface area contributed by atoms with Gasteiger partial charge in [-0.15, -0.1) is 0 Å². The number of fused-ring (bicyclic) bond motifs is 2. The van der Waals surface area contributed by atoms with Gasteiger partial charge in [0.05, 0.1) is 17.0 Å². The van der Waals surface area contributed by atoms with Gasteiger partial charge in [-0.25, -0.2) is 15.0 Å². The third-order valence-corrected chi connectivity index (χ3v) is 8.79. The molecule has 3 atom stereocenters. The molecular formula is C30H28BrN7O5. The Bertz CT molecular complexity index is 1850. The van der Waals surface area contributed by atoms with Gasteiger partial charge in [-0.1, -0.05) is 6.07 Å². The lowest BCUT2D eigenvalue weighted by Crippen LogP contribution is -2.47. The number of benzene rings is 1. The van der Waals surface area contributed by atoms with Crippen molar-refractivity contribution in [2.45, 2.75) is 59.2 Å². The Hall–Kier alpha value is -4.52. The summed E-state index contributed by atoms with van der Waals surface area (Å²) in [4.78, 5) is 66.5. The molecule has 0 radical (unpaired) electrons. The van der Waals surface area contributed by atoms with Crippen molar-refractivity contribution >= 4 is 56.2 Å². The number of piperidine rings is 1. The van der Waals surface area contributed by atoms with Crippen LogP contribution in [0.25, 0.3) is 22.0 Å². The van der Waals surface area contributed by atoms with Crippen LogP contribution >= 0.6 is 15.9 Å². The lowest BCUT2D eigenvalue weighted by Gasteiger charge is -2.27. The fourth-order valence-electron chi connectivity index (χ4n) is 6.07. The molecule has 2 fully saturated rings. The quantitative estimate of drug-likeness (QED) is 0.225. The number of ketones is 1. The summed E-state index contributed by atoms with van der Waals surface area (Å²) in [6.45, 7) is 6.58. The summed E-state index contributed by atoms with van der Waals surface area (Å²) < 4.78 is 2.00. The topological polar surface area (TPSA) is 160 Å². The average Bonchev–Trinajstić information content (AvgIpc) is 3.39. The number of aromatic nitrogens is 5. The van der Waals surface area contributed by atoms with Gasteiger partial charge >= 0.3 is 5.97 Å². The summed E-state index contributed by atoms with van der Waals surface area (Å²) in [5.74, 6) is -1.31. The predicted octanol–water partition coefficient (Wildman–Crippen LogP) is 3.86. The molecule has 6 rings (SSSR count). The van der Waals surface area contributed by atoms with E-state index in [1.54, 1.807) is 38.4 Å². The number of carbonyl (C=O) groups is 4. The zero-order valence-corrected chi connectivity index (χ0v) is 25.5. The Labute approximate surface area is 254 Å². The van der Waals surface area contributed by atoms with Crippen LogP contribution in [0.3, 0.4) is 0 Å². The summed E-state index contributed by atoms with van der Waals surface area (Å²) in [5, 5.41) is 17.9. The molecule has 2 aliphatic rings. The minimum absolute atomic E-state index is 0.00279. The van der Waals surface area contributed by atoms with Crippen molar-refractivity contribution in [3.05, 3.63) is 63.9 Å². The van der Waals surface area contributed by atoms with E-state index in [0.29, 0.717) is 27.1 Å². The van der Waals surface area contributed by atoms with Crippen LogP contribution in [0.5, 0.6) is 0 Å². The van der Waals surface area contributed by atoms with Gasteiger partial charge in [0.15, 0.2) is 5.78 Å². The van der Waals surface area contributed by atoms with Gasteiger partial charge in [0.1, 0.15) is 34.5 Å². The van der Waals surface area contributed by atoms with E-state index in [4.69, 9.17) is 0 Å². The molecule has 43 heavy (non-hydrogen) atoms. The van der Waals surface area contributed by atoms with Crippen LogP contribution in [0.1, 0.15) is 47.2 Å². The molecule has 1 aliphatic carbocycles. The van der Waals surface area contributed by atoms with Crippen molar-refractivity contribution in [3.8, 4) is 11.1 Å². The highest BCUT2D eigenvalue weighted by Gasteiger charge is 2.71. The first kappa shape index (κ1) is 28.6. The van der Waals surface area contributed by atoms with E-state index in [1.165, 1.54) is 16.5 Å². The average molecular weight is 647 g/mol. The standard InChI is InChI=1S/C30H28BrN7O5/c1-14-5-6-23(31)34-27(14)35-28(41)21-9-30(29(42)43)10-22(30)38(21)24(40)13-37-26-15(2)7-18(19-11-32-17(4)33-12-19)8-20(26)25(36-37)16(3)39/h5-8,11-12,21-22H,9-10,13H2,1-4H3,(H,42,43)(H,34,35,41)/t21-,22+,30+/m0/s1. The fraction of sp³-hybridized carbons (Fsp3) is 0.333. The number of carbonyl (C=O) groups excluding carboxylic acids is 3. The summed E-state index contributed by atoms with van der Waals surface area (Å²) in [6, 6.07) is 5.65. The Morgan fingerprint density at radius 1 is 1.05 bits per heavy atom. The summed E-state index contributed by atoms with van der Waals surface area (Å²) in [6.07, 6.45) is 3.68. The Kier molecular flexibility index (Phi) is 6.87. The van der Waals surface area contributed by atoms with E-state index in [-0.39, 0.29) is 30.9 Å². The molecule has 3 aromatic heterocycles. The van der Waals surface area contributed by atoms with Crippen molar-refractivity contribution in [3.63, 3.8) is 0 Å². The van der Waals surface area contributed by atoms with E-state index in [1.807, 2.05) is 19.1 Å². The molecule has 220 valence electrons.